The number of anilines is 2. The molecular weight excluding hydrogens is 392 g/mol. The highest BCUT2D eigenvalue weighted by atomic mass is 35.5. The molecule has 7 heteroatoms. The lowest BCUT2D eigenvalue weighted by Gasteiger charge is -2.38. The number of benzene rings is 3. The number of halogens is 1. The van der Waals surface area contributed by atoms with Crippen LogP contribution in [-0.2, 0) is 4.79 Å². The highest BCUT2D eigenvalue weighted by Crippen LogP contribution is 2.39. The summed E-state index contributed by atoms with van der Waals surface area (Å²) in [5.74, 6) is -0.813. The summed E-state index contributed by atoms with van der Waals surface area (Å²) in [6.07, 6.45) is -0.503. The lowest BCUT2D eigenvalue weighted by molar-refractivity contribution is -0.139. The Labute approximate surface area is 172 Å². The van der Waals surface area contributed by atoms with E-state index in [1.807, 2.05) is 36.4 Å². The summed E-state index contributed by atoms with van der Waals surface area (Å²) in [7, 11) is 0. The number of carbonyl (C=O) groups is 2. The number of aliphatic carboxylic acids is 1. The Kier molecular flexibility index (Phi) is 5.10. The topological polar surface area (TPSA) is 78.9 Å². The van der Waals surface area contributed by atoms with Crippen LogP contribution in [0.1, 0.15) is 22.1 Å². The van der Waals surface area contributed by atoms with Crippen LogP contribution in [0.5, 0.6) is 5.75 Å². The Hall–Kier alpha value is -3.51. The molecule has 1 atom stereocenters. The highest BCUT2D eigenvalue weighted by molar-refractivity contribution is 6.31. The van der Waals surface area contributed by atoms with Crippen molar-refractivity contribution in [3.63, 3.8) is 0 Å². The van der Waals surface area contributed by atoms with Gasteiger partial charge < -0.3 is 15.2 Å². The summed E-state index contributed by atoms with van der Waals surface area (Å²) in [6.45, 7) is -0.431. The van der Waals surface area contributed by atoms with Crippen LogP contribution in [-0.4, -0.2) is 23.6 Å². The second kappa shape index (κ2) is 7.85. The Morgan fingerprint density at radius 2 is 1.72 bits per heavy atom. The first-order chi connectivity index (χ1) is 14.0. The third-order valence-corrected chi connectivity index (χ3v) is 4.95. The summed E-state index contributed by atoms with van der Waals surface area (Å²) < 4.78 is 5.18. The van der Waals surface area contributed by atoms with Crippen LogP contribution >= 0.6 is 11.6 Å². The fraction of sp³-hybridized carbons (Fsp3) is 0.0909. The van der Waals surface area contributed by atoms with Crippen molar-refractivity contribution in [1.29, 1.82) is 0 Å². The van der Waals surface area contributed by atoms with Gasteiger partial charge in [0.25, 0.3) is 5.91 Å². The molecule has 4 rings (SSSR count). The molecule has 3 aromatic carbocycles. The van der Waals surface area contributed by atoms with E-state index in [-0.39, 0.29) is 5.91 Å². The molecule has 1 heterocycles. The van der Waals surface area contributed by atoms with Crippen LogP contribution in [0.15, 0.2) is 72.8 Å². The van der Waals surface area contributed by atoms with Gasteiger partial charge >= 0.3 is 5.97 Å². The van der Waals surface area contributed by atoms with Crippen LogP contribution in [0.4, 0.5) is 11.4 Å². The van der Waals surface area contributed by atoms with Gasteiger partial charge in [-0.1, -0.05) is 41.9 Å². The van der Waals surface area contributed by atoms with Gasteiger partial charge in [-0.25, -0.2) is 4.79 Å². The molecule has 1 amide bonds. The number of hydrogen-bond donors (Lipinski definition) is 2. The van der Waals surface area contributed by atoms with Crippen LogP contribution < -0.4 is 15.0 Å². The first-order valence-corrected chi connectivity index (χ1v) is 9.30. The monoisotopic (exact) mass is 408 g/mol. The van der Waals surface area contributed by atoms with Crippen LogP contribution in [0.2, 0.25) is 5.02 Å². The van der Waals surface area contributed by atoms with E-state index in [2.05, 4.69) is 5.32 Å². The molecule has 1 unspecified atom stereocenters. The number of hydrogen-bond acceptors (Lipinski definition) is 4. The summed E-state index contributed by atoms with van der Waals surface area (Å²) in [4.78, 5) is 25.7. The largest absolute Gasteiger partial charge is 0.482 e. The van der Waals surface area contributed by atoms with E-state index >= 15 is 0 Å². The van der Waals surface area contributed by atoms with Crippen molar-refractivity contribution in [3.8, 4) is 5.75 Å². The Morgan fingerprint density at radius 3 is 2.45 bits per heavy atom. The van der Waals surface area contributed by atoms with E-state index in [4.69, 9.17) is 21.4 Å². The first kappa shape index (κ1) is 18.8. The van der Waals surface area contributed by atoms with E-state index in [0.29, 0.717) is 22.0 Å². The van der Waals surface area contributed by atoms with Gasteiger partial charge in [0, 0.05) is 22.0 Å². The molecule has 1 aliphatic heterocycles. The van der Waals surface area contributed by atoms with Gasteiger partial charge in [-0.2, -0.15) is 0 Å². The van der Waals surface area contributed by atoms with Crippen molar-refractivity contribution in [1.82, 2.24) is 0 Å². The fourth-order valence-electron chi connectivity index (χ4n) is 3.28. The van der Waals surface area contributed by atoms with Gasteiger partial charge in [0.2, 0.25) is 0 Å². The molecule has 0 spiro atoms. The molecule has 2 N–H and O–H groups in total. The van der Waals surface area contributed by atoms with Crippen LogP contribution in [0.25, 0.3) is 0 Å². The average molecular weight is 409 g/mol. The van der Waals surface area contributed by atoms with Crippen molar-refractivity contribution < 1.29 is 19.4 Å². The molecule has 0 fully saturated rings. The number of rotatable bonds is 5. The van der Waals surface area contributed by atoms with E-state index in [1.54, 1.807) is 41.3 Å². The third-order valence-electron chi connectivity index (χ3n) is 4.60. The highest BCUT2D eigenvalue weighted by Gasteiger charge is 2.34. The molecular formula is C22H17ClN2O4. The molecule has 29 heavy (non-hydrogen) atoms. The van der Waals surface area contributed by atoms with E-state index in [9.17, 15) is 9.59 Å². The maximum Gasteiger partial charge on any atom is 0.341 e. The Balaban J connectivity index is 1.74. The van der Waals surface area contributed by atoms with E-state index in [0.717, 1.165) is 11.3 Å². The number of carboxylic acids is 1. The molecule has 1 aliphatic rings. The van der Waals surface area contributed by atoms with Gasteiger partial charge in [0.1, 0.15) is 11.9 Å². The zero-order valence-electron chi connectivity index (χ0n) is 15.2. The van der Waals surface area contributed by atoms with Crippen molar-refractivity contribution in [2.24, 2.45) is 0 Å². The molecule has 0 aromatic heterocycles. The van der Waals surface area contributed by atoms with Crippen LogP contribution in [0, 0.1) is 0 Å². The predicted octanol–water partition coefficient (Wildman–Crippen LogP) is 4.57. The normalized spacial score (nSPS) is 15.4. The van der Waals surface area contributed by atoms with Gasteiger partial charge in [-0.05, 0) is 42.5 Å². The van der Waals surface area contributed by atoms with Gasteiger partial charge in [-0.3, -0.25) is 9.69 Å². The van der Waals surface area contributed by atoms with Crippen molar-refractivity contribution in [2.45, 2.75) is 6.17 Å². The maximum atomic E-state index is 13.3. The minimum Gasteiger partial charge on any atom is -0.482 e. The molecule has 0 aliphatic carbocycles. The predicted molar refractivity (Wildman–Crippen MR) is 111 cm³/mol. The van der Waals surface area contributed by atoms with E-state index < -0.39 is 18.7 Å². The SMILES string of the molecule is O=C(O)COc1ccc(N2C(=O)c3ccccc3NC2c2ccccc2Cl)cc1. The van der Waals surface area contributed by atoms with Crippen molar-refractivity contribution in [2.75, 3.05) is 16.8 Å². The maximum absolute atomic E-state index is 13.3. The number of fused-ring (bicyclic) bond motifs is 1. The molecule has 0 bridgehead atoms. The Morgan fingerprint density at radius 1 is 1.03 bits per heavy atom. The first-order valence-electron chi connectivity index (χ1n) is 8.93. The number of nitrogens with zero attached hydrogens (tertiary/aromatic N) is 1. The number of carboxylic acid groups (broad SMARTS) is 1. The number of ether oxygens (including phenoxy) is 1. The minimum atomic E-state index is -1.06. The number of carbonyl (C=O) groups excluding carboxylic acids is 1. The number of para-hydroxylation sites is 1. The minimum absolute atomic E-state index is 0.163. The quantitative estimate of drug-likeness (QED) is 0.646. The summed E-state index contributed by atoms with van der Waals surface area (Å²) >= 11 is 6.43. The fourth-order valence-corrected chi connectivity index (χ4v) is 3.52. The molecule has 0 radical (unpaired) electrons. The van der Waals surface area contributed by atoms with Crippen LogP contribution in [0.3, 0.4) is 0 Å². The third kappa shape index (κ3) is 3.75. The summed E-state index contributed by atoms with van der Waals surface area (Å²) in [6, 6.07) is 21.4. The van der Waals surface area contributed by atoms with Gasteiger partial charge in [-0.15, -0.1) is 0 Å². The standard InChI is InChI=1S/C22H17ClN2O4/c23-18-7-3-1-5-16(18)21-24-19-8-4-2-6-17(19)22(28)25(21)14-9-11-15(12-10-14)29-13-20(26)27/h1-12,21,24H,13H2,(H,26,27). The lowest BCUT2D eigenvalue weighted by atomic mass is 10.0. The van der Waals surface area contributed by atoms with E-state index in [1.165, 1.54) is 0 Å². The Bertz CT molecular complexity index is 1070. The molecule has 146 valence electrons. The second-order valence-electron chi connectivity index (χ2n) is 6.47. The van der Waals surface area contributed by atoms with Crippen molar-refractivity contribution >= 4 is 34.9 Å². The zero-order chi connectivity index (χ0) is 20.4. The molecule has 6 nitrogen and oxygen atoms in total. The molecule has 0 saturated heterocycles. The average Bonchev–Trinajstić information content (AvgIpc) is 2.73. The zero-order valence-corrected chi connectivity index (χ0v) is 16.0. The van der Waals surface area contributed by atoms with Gasteiger partial charge in [0.15, 0.2) is 6.61 Å². The number of amides is 1. The molecule has 0 saturated carbocycles. The lowest BCUT2D eigenvalue weighted by Crippen LogP contribution is -2.43. The summed E-state index contributed by atoms with van der Waals surface area (Å²) in [5, 5.41) is 12.7. The molecule has 3 aromatic rings. The second-order valence-corrected chi connectivity index (χ2v) is 6.87. The van der Waals surface area contributed by atoms with Gasteiger partial charge in [0.05, 0.1) is 5.56 Å². The van der Waals surface area contributed by atoms with Crippen molar-refractivity contribution in [3.05, 3.63) is 88.9 Å². The number of nitrogens with one attached hydrogen (secondary N) is 1. The summed E-state index contributed by atoms with van der Waals surface area (Å²) in [5.41, 5.74) is 2.69. The smallest absolute Gasteiger partial charge is 0.341 e.